The van der Waals surface area contributed by atoms with E-state index >= 15 is 0 Å². The normalized spacial score (nSPS) is 28.6. The molecule has 4 heteroatoms. The molecule has 0 amide bonds. The summed E-state index contributed by atoms with van der Waals surface area (Å²) < 4.78 is 7.84. The van der Waals surface area contributed by atoms with Gasteiger partial charge in [-0.1, -0.05) is 6.42 Å². The summed E-state index contributed by atoms with van der Waals surface area (Å²) in [6, 6.07) is 7.89. The second-order valence-corrected chi connectivity index (χ2v) is 6.15. The third-order valence-corrected chi connectivity index (χ3v) is 4.66. The minimum atomic E-state index is 0.219. The van der Waals surface area contributed by atoms with E-state index in [4.69, 9.17) is 10.00 Å². The van der Waals surface area contributed by atoms with Crippen LogP contribution in [-0.2, 0) is 11.3 Å². The molecule has 1 aliphatic carbocycles. The topological polar surface area (TPSA) is 54.1 Å². The maximum absolute atomic E-state index is 9.03. The summed E-state index contributed by atoms with van der Waals surface area (Å²) in [7, 11) is 0. The molecule has 2 aliphatic rings. The smallest absolute Gasteiger partial charge is 0.0992 e. The van der Waals surface area contributed by atoms with E-state index in [0.29, 0.717) is 11.5 Å². The predicted octanol–water partition coefficient (Wildman–Crippen LogP) is 2.87. The summed E-state index contributed by atoms with van der Waals surface area (Å²) in [6.45, 7) is 1.93. The Kier molecular flexibility index (Phi) is 2.58. The van der Waals surface area contributed by atoms with E-state index in [1.54, 1.807) is 0 Å². The van der Waals surface area contributed by atoms with Gasteiger partial charge >= 0.3 is 0 Å². The molecular weight excluding hydrogens is 250 g/mol. The standard InChI is InChI=1S/C16H17N3O/c17-8-12-3-4-14-15(6-12)19(11-18-14)9-13-2-1-5-16(7-13)10-20-16/h3-4,6,11,13H,1-2,5,7,9-10H2. The number of imidazole rings is 1. The summed E-state index contributed by atoms with van der Waals surface area (Å²) in [4.78, 5) is 4.43. The highest BCUT2D eigenvalue weighted by atomic mass is 16.6. The maximum atomic E-state index is 9.03. The lowest BCUT2D eigenvalue weighted by atomic mass is 9.81. The average Bonchev–Trinajstić information content (AvgIpc) is 3.09. The van der Waals surface area contributed by atoms with E-state index in [-0.39, 0.29) is 5.60 Å². The third kappa shape index (κ3) is 1.99. The van der Waals surface area contributed by atoms with E-state index in [1.165, 1.54) is 25.7 Å². The molecule has 1 aromatic carbocycles. The number of hydrogen-bond acceptors (Lipinski definition) is 3. The van der Waals surface area contributed by atoms with Crippen LogP contribution in [0.15, 0.2) is 24.5 Å². The molecule has 4 rings (SSSR count). The fourth-order valence-corrected chi connectivity index (χ4v) is 3.51. The first-order valence-corrected chi connectivity index (χ1v) is 7.27. The van der Waals surface area contributed by atoms with Gasteiger partial charge in [0, 0.05) is 6.54 Å². The van der Waals surface area contributed by atoms with Crippen molar-refractivity contribution in [1.82, 2.24) is 9.55 Å². The minimum Gasteiger partial charge on any atom is -0.370 e. The molecule has 0 N–H and O–H groups in total. The zero-order valence-electron chi connectivity index (χ0n) is 11.4. The molecule has 4 nitrogen and oxygen atoms in total. The van der Waals surface area contributed by atoms with Gasteiger partial charge in [0.15, 0.2) is 0 Å². The Morgan fingerprint density at radius 3 is 3.20 bits per heavy atom. The molecule has 2 fully saturated rings. The van der Waals surface area contributed by atoms with Crippen molar-refractivity contribution < 1.29 is 4.74 Å². The number of aromatic nitrogens is 2. The lowest BCUT2D eigenvalue weighted by molar-refractivity contribution is 0.179. The minimum absolute atomic E-state index is 0.219. The highest BCUT2D eigenvalue weighted by Gasteiger charge is 2.47. The van der Waals surface area contributed by atoms with Gasteiger partial charge in [-0.15, -0.1) is 0 Å². The summed E-state index contributed by atoms with van der Waals surface area (Å²) in [5.41, 5.74) is 2.96. The van der Waals surface area contributed by atoms with Crippen molar-refractivity contribution >= 4 is 11.0 Å². The number of nitriles is 1. The van der Waals surface area contributed by atoms with Gasteiger partial charge < -0.3 is 9.30 Å². The number of ether oxygens (including phenoxy) is 1. The number of hydrogen-bond donors (Lipinski definition) is 0. The Balaban J connectivity index is 1.60. The summed E-state index contributed by atoms with van der Waals surface area (Å²) in [5.74, 6) is 0.661. The second kappa shape index (κ2) is 4.32. The summed E-state index contributed by atoms with van der Waals surface area (Å²) in [5, 5.41) is 9.03. The molecule has 2 unspecified atom stereocenters. The fourth-order valence-electron chi connectivity index (χ4n) is 3.51. The van der Waals surface area contributed by atoms with Crippen LogP contribution in [0, 0.1) is 17.2 Å². The Labute approximate surface area is 118 Å². The van der Waals surface area contributed by atoms with Crippen LogP contribution in [0.4, 0.5) is 0 Å². The SMILES string of the molecule is N#Cc1ccc2ncn(CC3CCCC4(CO4)C3)c2c1. The second-order valence-electron chi connectivity index (χ2n) is 6.15. The fraction of sp³-hybridized carbons (Fsp3) is 0.500. The molecule has 0 radical (unpaired) electrons. The van der Waals surface area contributed by atoms with Crippen LogP contribution < -0.4 is 0 Å². The zero-order chi connectivity index (χ0) is 13.6. The molecule has 102 valence electrons. The number of benzene rings is 1. The molecule has 2 heterocycles. The van der Waals surface area contributed by atoms with Crippen molar-refractivity contribution in [2.24, 2.45) is 5.92 Å². The lowest BCUT2D eigenvalue weighted by Gasteiger charge is -2.27. The lowest BCUT2D eigenvalue weighted by Crippen LogP contribution is -2.25. The van der Waals surface area contributed by atoms with Crippen LogP contribution in [0.25, 0.3) is 11.0 Å². The van der Waals surface area contributed by atoms with Crippen LogP contribution in [0.2, 0.25) is 0 Å². The van der Waals surface area contributed by atoms with Crippen molar-refractivity contribution in [2.45, 2.75) is 37.8 Å². The number of nitrogens with zero attached hydrogens (tertiary/aromatic N) is 3. The van der Waals surface area contributed by atoms with Crippen molar-refractivity contribution in [3.8, 4) is 6.07 Å². The van der Waals surface area contributed by atoms with Crippen LogP contribution in [0.5, 0.6) is 0 Å². The third-order valence-electron chi connectivity index (χ3n) is 4.66. The summed E-state index contributed by atoms with van der Waals surface area (Å²) in [6.07, 6.45) is 6.84. The van der Waals surface area contributed by atoms with Crippen molar-refractivity contribution in [2.75, 3.05) is 6.61 Å². The first kappa shape index (κ1) is 11.9. The first-order valence-electron chi connectivity index (χ1n) is 7.27. The molecule has 1 spiro atoms. The molecule has 0 bridgehead atoms. The quantitative estimate of drug-likeness (QED) is 0.786. The number of fused-ring (bicyclic) bond motifs is 1. The van der Waals surface area contributed by atoms with Gasteiger partial charge in [-0.25, -0.2) is 4.98 Å². The Morgan fingerprint density at radius 2 is 2.40 bits per heavy atom. The van der Waals surface area contributed by atoms with Gasteiger partial charge in [0.05, 0.1) is 41.2 Å². The van der Waals surface area contributed by atoms with Crippen molar-refractivity contribution in [1.29, 1.82) is 5.26 Å². The van der Waals surface area contributed by atoms with Gasteiger partial charge in [-0.05, 0) is 43.4 Å². The van der Waals surface area contributed by atoms with E-state index in [1.807, 2.05) is 24.5 Å². The largest absolute Gasteiger partial charge is 0.370 e. The number of epoxide rings is 1. The molecule has 2 atom stereocenters. The van der Waals surface area contributed by atoms with Gasteiger partial charge in [-0.3, -0.25) is 0 Å². The molecule has 20 heavy (non-hydrogen) atoms. The molecule has 1 aromatic heterocycles. The van der Waals surface area contributed by atoms with E-state index in [9.17, 15) is 0 Å². The molecular formula is C16H17N3O. The zero-order valence-corrected chi connectivity index (χ0v) is 11.4. The first-order chi connectivity index (χ1) is 9.78. The van der Waals surface area contributed by atoms with Gasteiger partial charge in [0.2, 0.25) is 0 Å². The van der Waals surface area contributed by atoms with Crippen LogP contribution >= 0.6 is 0 Å². The molecule has 1 aliphatic heterocycles. The van der Waals surface area contributed by atoms with E-state index in [2.05, 4.69) is 15.6 Å². The number of rotatable bonds is 2. The average molecular weight is 267 g/mol. The highest BCUT2D eigenvalue weighted by Crippen LogP contribution is 2.44. The van der Waals surface area contributed by atoms with E-state index < -0.39 is 0 Å². The maximum Gasteiger partial charge on any atom is 0.0992 e. The van der Waals surface area contributed by atoms with Crippen LogP contribution in [0.3, 0.4) is 0 Å². The molecule has 1 saturated carbocycles. The Morgan fingerprint density at radius 1 is 1.50 bits per heavy atom. The molecule has 1 saturated heterocycles. The predicted molar refractivity (Wildman–Crippen MR) is 75.1 cm³/mol. The van der Waals surface area contributed by atoms with Gasteiger partial charge in [-0.2, -0.15) is 5.26 Å². The van der Waals surface area contributed by atoms with Gasteiger partial charge in [0.1, 0.15) is 0 Å². The Bertz CT molecular complexity index is 693. The van der Waals surface area contributed by atoms with Crippen LogP contribution in [-0.4, -0.2) is 21.8 Å². The monoisotopic (exact) mass is 267 g/mol. The van der Waals surface area contributed by atoms with E-state index in [0.717, 1.165) is 24.2 Å². The van der Waals surface area contributed by atoms with Crippen molar-refractivity contribution in [3.63, 3.8) is 0 Å². The van der Waals surface area contributed by atoms with Crippen LogP contribution in [0.1, 0.15) is 31.2 Å². The summed E-state index contributed by atoms with van der Waals surface area (Å²) >= 11 is 0. The highest BCUT2D eigenvalue weighted by molar-refractivity contribution is 5.76. The molecule has 2 aromatic rings. The van der Waals surface area contributed by atoms with Gasteiger partial charge in [0.25, 0.3) is 0 Å². The van der Waals surface area contributed by atoms with Crippen molar-refractivity contribution in [3.05, 3.63) is 30.1 Å². The Hall–Kier alpha value is -1.86.